The van der Waals surface area contributed by atoms with Crippen molar-refractivity contribution in [2.45, 2.75) is 38.6 Å². The molecule has 0 spiro atoms. The van der Waals surface area contributed by atoms with Crippen LogP contribution in [0.15, 0.2) is 48.8 Å². The molecule has 0 aliphatic heterocycles. The summed E-state index contributed by atoms with van der Waals surface area (Å²) in [6.07, 6.45) is 7.74. The lowest BCUT2D eigenvalue weighted by Gasteiger charge is -2.10. The molecule has 0 aliphatic carbocycles. The van der Waals surface area contributed by atoms with E-state index in [2.05, 4.69) is 20.9 Å². The molecule has 144 valence electrons. The predicted octanol–water partition coefficient (Wildman–Crippen LogP) is 3.25. The number of nitrogens with one attached hydrogen (secondary N) is 3. The highest BCUT2D eigenvalue weighted by molar-refractivity contribution is 5.93. The molecule has 1 aromatic heterocycles. The Balaban J connectivity index is 1.75. The molecule has 3 amide bonds. The van der Waals surface area contributed by atoms with Gasteiger partial charge in [0.25, 0.3) is 0 Å². The van der Waals surface area contributed by atoms with Crippen molar-refractivity contribution in [2.75, 3.05) is 17.2 Å². The first-order valence-corrected chi connectivity index (χ1v) is 9.21. The number of rotatable bonds is 10. The van der Waals surface area contributed by atoms with Crippen molar-refractivity contribution >= 4 is 23.3 Å². The number of pyridine rings is 1. The van der Waals surface area contributed by atoms with Crippen molar-refractivity contribution < 1.29 is 9.59 Å². The first-order valence-electron chi connectivity index (χ1n) is 9.21. The molecular weight excluding hydrogens is 342 g/mol. The number of benzene rings is 1. The van der Waals surface area contributed by atoms with Crippen LogP contribution in [0.3, 0.4) is 0 Å². The summed E-state index contributed by atoms with van der Waals surface area (Å²) in [7, 11) is 0. The maximum absolute atomic E-state index is 12.0. The highest BCUT2D eigenvalue weighted by Crippen LogP contribution is 2.16. The normalized spacial score (nSPS) is 10.3. The maximum Gasteiger partial charge on any atom is 0.319 e. The molecule has 27 heavy (non-hydrogen) atoms. The number of urea groups is 1. The van der Waals surface area contributed by atoms with E-state index < -0.39 is 0 Å². The van der Waals surface area contributed by atoms with Gasteiger partial charge >= 0.3 is 6.03 Å². The van der Waals surface area contributed by atoms with Crippen LogP contribution in [0.4, 0.5) is 16.2 Å². The Hall–Kier alpha value is -2.93. The first kappa shape index (κ1) is 20.4. The highest BCUT2D eigenvalue weighted by Gasteiger charge is 2.05. The van der Waals surface area contributed by atoms with Crippen LogP contribution in [0.1, 0.15) is 37.7 Å². The van der Waals surface area contributed by atoms with E-state index >= 15 is 0 Å². The largest absolute Gasteiger partial charge is 0.334 e. The van der Waals surface area contributed by atoms with Crippen molar-refractivity contribution in [1.82, 2.24) is 10.3 Å². The number of nitrogens with zero attached hydrogens (tertiary/aromatic N) is 1. The van der Waals surface area contributed by atoms with Gasteiger partial charge in [-0.05, 0) is 55.3 Å². The van der Waals surface area contributed by atoms with Gasteiger partial charge in [-0.15, -0.1) is 0 Å². The number of unbranched alkanes of at least 4 members (excludes halogenated alkanes) is 3. The molecule has 0 aliphatic rings. The Morgan fingerprint density at radius 1 is 0.926 bits per heavy atom. The van der Waals surface area contributed by atoms with Gasteiger partial charge in [-0.25, -0.2) is 4.79 Å². The van der Waals surface area contributed by atoms with Gasteiger partial charge in [0.1, 0.15) is 0 Å². The average Bonchev–Trinajstić information content (AvgIpc) is 2.67. The summed E-state index contributed by atoms with van der Waals surface area (Å²) < 4.78 is 0. The second-order valence-corrected chi connectivity index (χ2v) is 6.25. The lowest BCUT2D eigenvalue weighted by atomic mass is 10.1. The van der Waals surface area contributed by atoms with Crippen LogP contribution in [0.2, 0.25) is 0 Å². The Morgan fingerprint density at radius 3 is 2.37 bits per heavy atom. The Labute approximate surface area is 159 Å². The van der Waals surface area contributed by atoms with Crippen molar-refractivity contribution in [3.63, 3.8) is 0 Å². The maximum atomic E-state index is 12.0. The summed E-state index contributed by atoms with van der Waals surface area (Å²) >= 11 is 0. The summed E-state index contributed by atoms with van der Waals surface area (Å²) in [5, 5.41) is 8.40. The molecule has 0 unspecified atom stereocenters. The number of hydrogen-bond acceptors (Lipinski definition) is 4. The third-order valence-corrected chi connectivity index (χ3v) is 3.96. The van der Waals surface area contributed by atoms with Gasteiger partial charge in [0, 0.05) is 36.7 Å². The second-order valence-electron chi connectivity index (χ2n) is 6.25. The number of hydrogen-bond donors (Lipinski definition) is 4. The summed E-state index contributed by atoms with van der Waals surface area (Å²) in [6, 6.07) is 10.5. The van der Waals surface area contributed by atoms with E-state index in [1.54, 1.807) is 36.7 Å². The third kappa shape index (κ3) is 8.33. The molecule has 0 saturated carbocycles. The minimum Gasteiger partial charge on any atom is -0.334 e. The Bertz CT molecular complexity index is 721. The van der Waals surface area contributed by atoms with Gasteiger partial charge in [0.2, 0.25) is 5.91 Å². The minimum atomic E-state index is -0.310. The van der Waals surface area contributed by atoms with E-state index in [9.17, 15) is 9.59 Å². The first-order chi connectivity index (χ1) is 13.2. The molecule has 7 heteroatoms. The molecule has 0 fully saturated rings. The van der Waals surface area contributed by atoms with Crippen LogP contribution >= 0.6 is 0 Å². The average molecular weight is 369 g/mol. The van der Waals surface area contributed by atoms with E-state index in [1.165, 1.54) is 0 Å². The van der Waals surface area contributed by atoms with Crippen LogP contribution in [-0.4, -0.2) is 23.5 Å². The Morgan fingerprint density at radius 2 is 1.63 bits per heavy atom. The minimum absolute atomic E-state index is 0.0259. The molecule has 0 saturated heterocycles. The van der Waals surface area contributed by atoms with Gasteiger partial charge in [0.15, 0.2) is 0 Å². The van der Waals surface area contributed by atoms with Crippen molar-refractivity contribution in [1.29, 1.82) is 0 Å². The number of nitrogens with two attached hydrogens (primary N) is 1. The van der Waals surface area contributed by atoms with E-state index in [0.29, 0.717) is 30.9 Å². The molecule has 7 nitrogen and oxygen atoms in total. The quantitative estimate of drug-likeness (QED) is 0.482. The van der Waals surface area contributed by atoms with Crippen molar-refractivity contribution in [2.24, 2.45) is 5.73 Å². The van der Waals surface area contributed by atoms with Crippen LogP contribution < -0.4 is 21.7 Å². The molecule has 5 N–H and O–H groups in total. The van der Waals surface area contributed by atoms with Crippen molar-refractivity contribution in [3.05, 3.63) is 54.4 Å². The second kappa shape index (κ2) is 11.6. The van der Waals surface area contributed by atoms with Gasteiger partial charge in [-0.3, -0.25) is 9.78 Å². The van der Waals surface area contributed by atoms with E-state index in [1.807, 2.05) is 12.1 Å². The zero-order valence-corrected chi connectivity index (χ0v) is 15.4. The number of carbonyl (C=O) groups is 2. The SMILES string of the molecule is NCCCCCCC(=O)Nc1cccc(NC(=O)NCc2ccncc2)c1. The monoisotopic (exact) mass is 369 g/mol. The fraction of sp³-hybridized carbons (Fsp3) is 0.350. The van der Waals surface area contributed by atoms with E-state index in [-0.39, 0.29) is 11.9 Å². The molecule has 1 aromatic carbocycles. The van der Waals surface area contributed by atoms with Gasteiger partial charge in [-0.1, -0.05) is 18.9 Å². The number of anilines is 2. The lowest BCUT2D eigenvalue weighted by Crippen LogP contribution is -2.28. The number of amides is 3. The highest BCUT2D eigenvalue weighted by atomic mass is 16.2. The molecule has 0 atom stereocenters. The van der Waals surface area contributed by atoms with Gasteiger partial charge in [0.05, 0.1) is 0 Å². The topological polar surface area (TPSA) is 109 Å². The zero-order chi connectivity index (χ0) is 19.3. The molecule has 2 aromatic rings. The molecular formula is C20H27N5O2. The van der Waals surface area contributed by atoms with Crippen LogP contribution in [0.5, 0.6) is 0 Å². The van der Waals surface area contributed by atoms with Crippen molar-refractivity contribution in [3.8, 4) is 0 Å². The number of aromatic nitrogens is 1. The van der Waals surface area contributed by atoms with Crippen LogP contribution in [-0.2, 0) is 11.3 Å². The van der Waals surface area contributed by atoms with E-state index in [4.69, 9.17) is 5.73 Å². The Kier molecular flexibility index (Phi) is 8.79. The smallest absolute Gasteiger partial charge is 0.319 e. The predicted molar refractivity (Wildman–Crippen MR) is 107 cm³/mol. The standard InChI is InChI=1S/C20H27N5O2/c21-11-4-2-1-3-8-19(26)24-17-6-5-7-18(14-17)25-20(27)23-15-16-9-12-22-13-10-16/h5-7,9-10,12-14H,1-4,8,11,15,21H2,(H,24,26)(H2,23,25,27). The third-order valence-electron chi connectivity index (χ3n) is 3.96. The fourth-order valence-electron chi connectivity index (χ4n) is 2.54. The molecule has 0 bridgehead atoms. The molecule has 1 heterocycles. The fourth-order valence-corrected chi connectivity index (χ4v) is 2.54. The summed E-state index contributed by atoms with van der Waals surface area (Å²) in [5.74, 6) is -0.0259. The van der Waals surface area contributed by atoms with Gasteiger partial charge in [-0.2, -0.15) is 0 Å². The zero-order valence-electron chi connectivity index (χ0n) is 15.4. The summed E-state index contributed by atoms with van der Waals surface area (Å²) in [4.78, 5) is 27.9. The van der Waals surface area contributed by atoms with Gasteiger partial charge < -0.3 is 21.7 Å². The molecule has 2 rings (SSSR count). The number of carbonyl (C=O) groups excluding carboxylic acids is 2. The van der Waals surface area contributed by atoms with Crippen LogP contribution in [0, 0.1) is 0 Å². The van der Waals surface area contributed by atoms with E-state index in [0.717, 1.165) is 31.2 Å². The van der Waals surface area contributed by atoms with Crippen LogP contribution in [0.25, 0.3) is 0 Å². The summed E-state index contributed by atoms with van der Waals surface area (Å²) in [6.45, 7) is 1.11. The lowest BCUT2D eigenvalue weighted by molar-refractivity contribution is -0.116. The molecule has 0 radical (unpaired) electrons. The summed E-state index contributed by atoms with van der Waals surface area (Å²) in [5.41, 5.74) is 7.69.